The summed E-state index contributed by atoms with van der Waals surface area (Å²) in [5.74, 6) is -0.111. The highest BCUT2D eigenvalue weighted by Crippen LogP contribution is 2.23. The van der Waals surface area contributed by atoms with Gasteiger partial charge in [-0.25, -0.2) is 4.98 Å². The molecule has 0 radical (unpaired) electrons. The fourth-order valence-corrected chi connectivity index (χ4v) is 2.05. The van der Waals surface area contributed by atoms with Crippen LogP contribution in [-0.4, -0.2) is 22.0 Å². The Hall–Kier alpha value is -1.33. The molecule has 0 aliphatic rings. The monoisotopic (exact) mass is 341 g/mol. The minimum Gasteiger partial charge on any atom is -0.352 e. The van der Waals surface area contributed by atoms with Crippen LogP contribution in [0.2, 0.25) is 5.02 Å². The first-order valence-corrected chi connectivity index (χ1v) is 7.03. The number of imidazole rings is 1. The summed E-state index contributed by atoms with van der Waals surface area (Å²) in [6, 6.07) is 5.15. The van der Waals surface area contributed by atoms with Gasteiger partial charge in [0.2, 0.25) is 0 Å². The van der Waals surface area contributed by atoms with Gasteiger partial charge in [0.25, 0.3) is 5.91 Å². The number of aryl methyl sites for hydroxylation is 1. The number of hydrogen-bond donors (Lipinski definition) is 1. The van der Waals surface area contributed by atoms with Crippen molar-refractivity contribution >= 4 is 33.4 Å². The zero-order valence-corrected chi connectivity index (χ0v) is 12.5. The van der Waals surface area contributed by atoms with E-state index in [2.05, 4.69) is 26.2 Å². The zero-order chi connectivity index (χ0) is 13.7. The SMILES string of the molecule is O=C(NCCCn1ccnc1)c1ccc(Br)c(Cl)c1. The quantitative estimate of drug-likeness (QED) is 0.849. The molecule has 100 valence electrons. The van der Waals surface area contributed by atoms with Crippen LogP contribution in [0.5, 0.6) is 0 Å². The van der Waals surface area contributed by atoms with Gasteiger partial charge in [0.15, 0.2) is 0 Å². The summed E-state index contributed by atoms with van der Waals surface area (Å²) < 4.78 is 2.76. The summed E-state index contributed by atoms with van der Waals surface area (Å²) in [5, 5.41) is 3.39. The number of benzene rings is 1. The average molecular weight is 343 g/mol. The number of aromatic nitrogens is 2. The van der Waals surface area contributed by atoms with Gasteiger partial charge in [-0.1, -0.05) is 11.6 Å². The van der Waals surface area contributed by atoms with Gasteiger partial charge >= 0.3 is 0 Å². The second-order valence-corrected chi connectivity index (χ2v) is 5.30. The second-order valence-electron chi connectivity index (χ2n) is 4.04. The van der Waals surface area contributed by atoms with Gasteiger partial charge in [-0.2, -0.15) is 0 Å². The van der Waals surface area contributed by atoms with Gasteiger partial charge in [0, 0.05) is 35.5 Å². The molecule has 0 atom stereocenters. The Balaban J connectivity index is 1.79. The van der Waals surface area contributed by atoms with E-state index in [1.54, 1.807) is 30.7 Å². The molecule has 19 heavy (non-hydrogen) atoms. The Kier molecular flexibility index (Phi) is 4.99. The molecule has 0 aliphatic carbocycles. The van der Waals surface area contributed by atoms with E-state index in [0.717, 1.165) is 17.4 Å². The first kappa shape index (κ1) is 14.1. The van der Waals surface area contributed by atoms with E-state index in [1.807, 2.05) is 10.8 Å². The highest BCUT2D eigenvalue weighted by molar-refractivity contribution is 9.10. The predicted octanol–water partition coefficient (Wildman–Crippen LogP) is 3.12. The standard InChI is InChI=1S/C13H13BrClN3O/c14-11-3-2-10(8-12(11)15)13(19)17-4-1-6-18-7-5-16-9-18/h2-3,5,7-9H,1,4,6H2,(H,17,19). The van der Waals surface area contributed by atoms with Crippen molar-refractivity contribution in [3.8, 4) is 0 Å². The molecule has 1 aromatic carbocycles. The fraction of sp³-hybridized carbons (Fsp3) is 0.231. The summed E-state index contributed by atoms with van der Waals surface area (Å²) in [5.41, 5.74) is 0.566. The van der Waals surface area contributed by atoms with Gasteiger partial charge in [0.1, 0.15) is 0 Å². The van der Waals surface area contributed by atoms with Crippen molar-refractivity contribution in [1.82, 2.24) is 14.9 Å². The van der Waals surface area contributed by atoms with Crippen LogP contribution < -0.4 is 5.32 Å². The van der Waals surface area contributed by atoms with E-state index >= 15 is 0 Å². The molecule has 0 unspecified atom stereocenters. The van der Waals surface area contributed by atoms with Crippen LogP contribution in [0.15, 0.2) is 41.4 Å². The molecule has 1 aromatic heterocycles. The van der Waals surface area contributed by atoms with Crippen LogP contribution >= 0.6 is 27.5 Å². The van der Waals surface area contributed by atoms with Crippen molar-refractivity contribution in [3.63, 3.8) is 0 Å². The first-order valence-electron chi connectivity index (χ1n) is 5.86. The Labute approximate surface area is 124 Å². The molecule has 0 bridgehead atoms. The molecule has 0 aliphatic heterocycles. The highest BCUT2D eigenvalue weighted by Gasteiger charge is 2.06. The lowest BCUT2D eigenvalue weighted by atomic mass is 10.2. The number of nitrogens with zero attached hydrogens (tertiary/aromatic N) is 2. The van der Waals surface area contributed by atoms with Crippen LogP contribution in [0.3, 0.4) is 0 Å². The summed E-state index contributed by atoms with van der Waals surface area (Å²) in [4.78, 5) is 15.8. The number of nitrogens with one attached hydrogen (secondary N) is 1. The van der Waals surface area contributed by atoms with Crippen LogP contribution in [0.1, 0.15) is 16.8 Å². The largest absolute Gasteiger partial charge is 0.352 e. The van der Waals surface area contributed by atoms with Gasteiger partial charge in [-0.05, 0) is 40.5 Å². The number of hydrogen-bond acceptors (Lipinski definition) is 2. The Bertz CT molecular complexity index is 557. The lowest BCUT2D eigenvalue weighted by molar-refractivity contribution is 0.0952. The van der Waals surface area contributed by atoms with Crippen LogP contribution in [0.25, 0.3) is 0 Å². The van der Waals surface area contributed by atoms with Crippen molar-refractivity contribution in [1.29, 1.82) is 0 Å². The zero-order valence-electron chi connectivity index (χ0n) is 10.1. The van der Waals surface area contributed by atoms with Crippen molar-refractivity contribution in [3.05, 3.63) is 52.0 Å². The van der Waals surface area contributed by atoms with Crippen LogP contribution in [-0.2, 0) is 6.54 Å². The molecule has 0 saturated heterocycles. The maximum Gasteiger partial charge on any atom is 0.251 e. The molecule has 6 heteroatoms. The maximum absolute atomic E-state index is 11.9. The van der Waals surface area contributed by atoms with Gasteiger partial charge in [-0.15, -0.1) is 0 Å². The van der Waals surface area contributed by atoms with Gasteiger partial charge in [-0.3, -0.25) is 4.79 Å². The molecular weight excluding hydrogens is 330 g/mol. The third-order valence-corrected chi connectivity index (χ3v) is 3.85. The van der Waals surface area contributed by atoms with Crippen LogP contribution in [0, 0.1) is 0 Å². The van der Waals surface area contributed by atoms with E-state index in [-0.39, 0.29) is 5.91 Å². The van der Waals surface area contributed by atoms with E-state index < -0.39 is 0 Å². The molecule has 2 aromatic rings. The van der Waals surface area contributed by atoms with Gasteiger partial charge < -0.3 is 9.88 Å². The number of rotatable bonds is 5. The topological polar surface area (TPSA) is 46.9 Å². The predicted molar refractivity (Wildman–Crippen MR) is 78.3 cm³/mol. The smallest absolute Gasteiger partial charge is 0.251 e. The minimum atomic E-state index is -0.111. The van der Waals surface area contributed by atoms with Crippen LogP contribution in [0.4, 0.5) is 0 Å². The third kappa shape index (κ3) is 4.08. The summed E-state index contributed by atoms with van der Waals surface area (Å²) in [7, 11) is 0. The second kappa shape index (κ2) is 6.73. The fourth-order valence-electron chi connectivity index (χ4n) is 1.62. The first-order chi connectivity index (χ1) is 9.16. The maximum atomic E-state index is 11.9. The van der Waals surface area contributed by atoms with Gasteiger partial charge in [0.05, 0.1) is 11.3 Å². The Morgan fingerprint density at radius 3 is 3.00 bits per heavy atom. The minimum absolute atomic E-state index is 0.111. The lowest BCUT2D eigenvalue weighted by Gasteiger charge is -2.06. The highest BCUT2D eigenvalue weighted by atomic mass is 79.9. The molecule has 0 saturated carbocycles. The van der Waals surface area contributed by atoms with E-state index in [9.17, 15) is 4.79 Å². The van der Waals surface area contributed by atoms with E-state index in [0.29, 0.717) is 17.1 Å². The van der Waals surface area contributed by atoms with Crippen molar-refractivity contribution in [2.24, 2.45) is 0 Å². The Morgan fingerprint density at radius 2 is 2.32 bits per heavy atom. The normalized spacial score (nSPS) is 10.4. The van der Waals surface area contributed by atoms with E-state index in [4.69, 9.17) is 11.6 Å². The molecule has 0 spiro atoms. The lowest BCUT2D eigenvalue weighted by Crippen LogP contribution is -2.25. The number of carbonyl (C=O) groups is 1. The summed E-state index contributed by atoms with van der Waals surface area (Å²) in [6.07, 6.45) is 6.25. The van der Waals surface area contributed by atoms with E-state index in [1.165, 1.54) is 0 Å². The average Bonchev–Trinajstić information content (AvgIpc) is 2.91. The molecular formula is C13H13BrClN3O. The number of carbonyl (C=O) groups excluding carboxylic acids is 1. The number of amides is 1. The van der Waals surface area contributed by atoms with Crippen molar-refractivity contribution < 1.29 is 4.79 Å². The molecule has 1 N–H and O–H groups in total. The third-order valence-electron chi connectivity index (χ3n) is 2.62. The summed E-state index contributed by atoms with van der Waals surface area (Å²) >= 11 is 9.24. The Morgan fingerprint density at radius 1 is 1.47 bits per heavy atom. The van der Waals surface area contributed by atoms with Crippen molar-refractivity contribution in [2.45, 2.75) is 13.0 Å². The number of halogens is 2. The molecule has 1 amide bonds. The molecule has 4 nitrogen and oxygen atoms in total. The molecule has 1 heterocycles. The van der Waals surface area contributed by atoms with Crippen molar-refractivity contribution in [2.75, 3.05) is 6.54 Å². The molecule has 2 rings (SSSR count). The summed E-state index contributed by atoms with van der Waals surface area (Å²) in [6.45, 7) is 1.45. The molecule has 0 fully saturated rings.